The molecular weight excluding hydrogens is 160 g/mol. The molecule has 0 amide bonds. The molecule has 0 aromatic rings. The number of rotatable bonds is 1. The van der Waals surface area contributed by atoms with Gasteiger partial charge in [-0.1, -0.05) is 18.8 Å². The molecule has 13 heavy (non-hydrogen) atoms. The van der Waals surface area contributed by atoms with Gasteiger partial charge in [0.2, 0.25) is 0 Å². The van der Waals surface area contributed by atoms with Gasteiger partial charge in [0.05, 0.1) is 6.61 Å². The Balaban J connectivity index is 2.46. The second-order valence-electron chi connectivity index (χ2n) is 4.93. The minimum Gasteiger partial charge on any atom is -0.381 e. The highest BCUT2D eigenvalue weighted by atomic mass is 16.5. The normalized spacial score (nSPS) is 25.1. The molecule has 1 aliphatic heterocycles. The highest BCUT2D eigenvalue weighted by molar-refractivity contribution is 5.10. The molecule has 1 saturated heterocycles. The summed E-state index contributed by atoms with van der Waals surface area (Å²) in [4.78, 5) is 0. The lowest BCUT2D eigenvalue weighted by molar-refractivity contribution is 0.180. The Kier molecular flexibility index (Phi) is 3.39. The molecule has 1 fully saturated rings. The van der Waals surface area contributed by atoms with Gasteiger partial charge in [-0.15, -0.1) is 0 Å². The molecule has 1 heteroatoms. The standard InChI is InChI=1S/C12H20O/c1-10(5-7-12(2,3)4)11-6-8-13-9-11/h10-11H,6,8-9H2,1-4H3. The summed E-state index contributed by atoms with van der Waals surface area (Å²) in [5.74, 6) is 7.78. The van der Waals surface area contributed by atoms with E-state index in [0.29, 0.717) is 11.8 Å². The summed E-state index contributed by atoms with van der Waals surface area (Å²) in [6, 6.07) is 0. The van der Waals surface area contributed by atoms with Crippen molar-refractivity contribution < 1.29 is 4.74 Å². The SMILES string of the molecule is CC(C#CC(C)(C)C)C1CCOC1. The average molecular weight is 180 g/mol. The van der Waals surface area contributed by atoms with Crippen LogP contribution >= 0.6 is 0 Å². The van der Waals surface area contributed by atoms with E-state index in [1.54, 1.807) is 0 Å². The Morgan fingerprint density at radius 2 is 2.08 bits per heavy atom. The van der Waals surface area contributed by atoms with E-state index in [1.807, 2.05) is 0 Å². The summed E-state index contributed by atoms with van der Waals surface area (Å²) in [6.07, 6.45) is 1.18. The topological polar surface area (TPSA) is 9.23 Å². The zero-order chi connectivity index (χ0) is 9.90. The van der Waals surface area contributed by atoms with E-state index in [4.69, 9.17) is 4.74 Å². The Hall–Kier alpha value is -0.480. The van der Waals surface area contributed by atoms with Crippen LogP contribution in [0.15, 0.2) is 0 Å². The first kappa shape index (κ1) is 10.6. The fraction of sp³-hybridized carbons (Fsp3) is 0.833. The van der Waals surface area contributed by atoms with Crippen molar-refractivity contribution in [1.29, 1.82) is 0 Å². The van der Waals surface area contributed by atoms with Crippen molar-refractivity contribution in [3.63, 3.8) is 0 Å². The molecular formula is C12H20O. The van der Waals surface area contributed by atoms with Crippen molar-refractivity contribution in [2.75, 3.05) is 13.2 Å². The van der Waals surface area contributed by atoms with Crippen LogP contribution < -0.4 is 0 Å². The van der Waals surface area contributed by atoms with Crippen LogP contribution in [-0.2, 0) is 4.74 Å². The van der Waals surface area contributed by atoms with Crippen molar-refractivity contribution in [1.82, 2.24) is 0 Å². The maximum absolute atomic E-state index is 5.34. The molecule has 2 atom stereocenters. The van der Waals surface area contributed by atoms with Gasteiger partial charge in [0.1, 0.15) is 0 Å². The largest absolute Gasteiger partial charge is 0.381 e. The molecule has 1 aliphatic rings. The first-order chi connectivity index (χ1) is 5.99. The molecule has 1 rings (SSSR count). The van der Waals surface area contributed by atoms with Crippen molar-refractivity contribution in [3.05, 3.63) is 0 Å². The third kappa shape index (κ3) is 3.83. The van der Waals surface area contributed by atoms with Crippen LogP contribution in [-0.4, -0.2) is 13.2 Å². The molecule has 0 aliphatic carbocycles. The van der Waals surface area contributed by atoms with Gasteiger partial charge in [-0.2, -0.15) is 0 Å². The van der Waals surface area contributed by atoms with Crippen LogP contribution in [0.25, 0.3) is 0 Å². The first-order valence-corrected chi connectivity index (χ1v) is 5.09. The number of hydrogen-bond donors (Lipinski definition) is 0. The molecule has 0 N–H and O–H groups in total. The van der Waals surface area contributed by atoms with E-state index in [0.717, 1.165) is 13.2 Å². The molecule has 0 aromatic carbocycles. The predicted molar refractivity (Wildman–Crippen MR) is 55.3 cm³/mol. The van der Waals surface area contributed by atoms with E-state index in [-0.39, 0.29) is 5.41 Å². The molecule has 0 radical (unpaired) electrons. The Bertz CT molecular complexity index is 208. The van der Waals surface area contributed by atoms with Crippen LogP contribution in [0, 0.1) is 29.1 Å². The lowest BCUT2D eigenvalue weighted by atomic mass is 9.91. The molecule has 0 bridgehead atoms. The summed E-state index contributed by atoms with van der Waals surface area (Å²) in [5, 5.41) is 0. The molecule has 0 saturated carbocycles. The molecule has 0 spiro atoms. The van der Waals surface area contributed by atoms with E-state index >= 15 is 0 Å². The third-order valence-corrected chi connectivity index (χ3v) is 2.35. The second-order valence-corrected chi connectivity index (χ2v) is 4.93. The third-order valence-electron chi connectivity index (χ3n) is 2.35. The lowest BCUT2D eigenvalue weighted by Crippen LogP contribution is -2.10. The highest BCUT2D eigenvalue weighted by Crippen LogP contribution is 2.21. The molecule has 1 heterocycles. The van der Waals surface area contributed by atoms with Crippen molar-refractivity contribution in [2.24, 2.45) is 17.3 Å². The second kappa shape index (κ2) is 4.15. The minimum atomic E-state index is 0.133. The van der Waals surface area contributed by atoms with Crippen LogP contribution in [0.1, 0.15) is 34.1 Å². The van der Waals surface area contributed by atoms with Gasteiger partial charge in [0.15, 0.2) is 0 Å². The first-order valence-electron chi connectivity index (χ1n) is 5.09. The number of ether oxygens (including phenoxy) is 1. The van der Waals surface area contributed by atoms with Crippen molar-refractivity contribution in [2.45, 2.75) is 34.1 Å². The molecule has 2 unspecified atom stereocenters. The smallest absolute Gasteiger partial charge is 0.0506 e. The lowest BCUT2D eigenvalue weighted by Gasteiger charge is -2.12. The van der Waals surface area contributed by atoms with Crippen LogP contribution in [0.3, 0.4) is 0 Å². The van der Waals surface area contributed by atoms with Crippen molar-refractivity contribution in [3.8, 4) is 11.8 Å². The fourth-order valence-electron chi connectivity index (χ4n) is 1.40. The quantitative estimate of drug-likeness (QED) is 0.564. The van der Waals surface area contributed by atoms with Gasteiger partial charge >= 0.3 is 0 Å². The van der Waals surface area contributed by atoms with E-state index < -0.39 is 0 Å². The van der Waals surface area contributed by atoms with Gasteiger partial charge in [-0.25, -0.2) is 0 Å². The molecule has 74 valence electrons. The van der Waals surface area contributed by atoms with E-state index in [1.165, 1.54) is 6.42 Å². The maximum atomic E-state index is 5.34. The Morgan fingerprint density at radius 1 is 1.38 bits per heavy atom. The highest BCUT2D eigenvalue weighted by Gasteiger charge is 2.20. The minimum absolute atomic E-state index is 0.133. The summed E-state index contributed by atoms with van der Waals surface area (Å²) < 4.78 is 5.34. The van der Waals surface area contributed by atoms with Gasteiger partial charge < -0.3 is 4.74 Å². The summed E-state index contributed by atoms with van der Waals surface area (Å²) >= 11 is 0. The van der Waals surface area contributed by atoms with E-state index in [9.17, 15) is 0 Å². The van der Waals surface area contributed by atoms with Crippen molar-refractivity contribution >= 4 is 0 Å². The predicted octanol–water partition coefficient (Wildman–Crippen LogP) is 2.71. The van der Waals surface area contributed by atoms with Crippen LogP contribution in [0.4, 0.5) is 0 Å². The summed E-state index contributed by atoms with van der Waals surface area (Å²) in [5.41, 5.74) is 0.133. The van der Waals surface area contributed by atoms with Crippen LogP contribution in [0.2, 0.25) is 0 Å². The Morgan fingerprint density at radius 3 is 2.54 bits per heavy atom. The zero-order valence-corrected chi connectivity index (χ0v) is 9.18. The monoisotopic (exact) mass is 180 g/mol. The number of hydrogen-bond acceptors (Lipinski definition) is 1. The summed E-state index contributed by atoms with van der Waals surface area (Å²) in [6.45, 7) is 10.5. The zero-order valence-electron chi connectivity index (χ0n) is 9.18. The molecule has 1 nitrogen and oxygen atoms in total. The summed E-state index contributed by atoms with van der Waals surface area (Å²) in [7, 11) is 0. The molecule has 0 aromatic heterocycles. The Labute approximate surface area is 81.9 Å². The van der Waals surface area contributed by atoms with Gasteiger partial charge in [0.25, 0.3) is 0 Å². The van der Waals surface area contributed by atoms with Gasteiger partial charge in [-0.3, -0.25) is 0 Å². The van der Waals surface area contributed by atoms with Gasteiger partial charge in [-0.05, 0) is 33.1 Å². The van der Waals surface area contributed by atoms with Gasteiger partial charge in [0, 0.05) is 17.9 Å². The van der Waals surface area contributed by atoms with E-state index in [2.05, 4.69) is 39.5 Å². The fourth-order valence-corrected chi connectivity index (χ4v) is 1.40. The average Bonchev–Trinajstić information content (AvgIpc) is 2.50. The maximum Gasteiger partial charge on any atom is 0.0506 e. The van der Waals surface area contributed by atoms with Crippen LogP contribution in [0.5, 0.6) is 0 Å².